The fourth-order valence-corrected chi connectivity index (χ4v) is 4.86. The number of benzene rings is 3. The van der Waals surface area contributed by atoms with Crippen molar-refractivity contribution < 1.29 is 14.0 Å². The fourth-order valence-electron chi connectivity index (χ4n) is 4.86. The molecule has 3 aromatic carbocycles. The van der Waals surface area contributed by atoms with Crippen LogP contribution in [0.1, 0.15) is 41.0 Å². The quantitative estimate of drug-likeness (QED) is 0.363. The van der Waals surface area contributed by atoms with Gasteiger partial charge in [0.05, 0.1) is 11.4 Å². The molecule has 3 aromatic rings. The van der Waals surface area contributed by atoms with Crippen molar-refractivity contribution in [1.82, 2.24) is 10.2 Å². The van der Waals surface area contributed by atoms with E-state index in [0.29, 0.717) is 17.0 Å². The summed E-state index contributed by atoms with van der Waals surface area (Å²) in [6.45, 7) is 2.52. The number of carbonyl (C=O) groups is 2. The summed E-state index contributed by atoms with van der Waals surface area (Å²) in [6.07, 6.45) is 2.52. The van der Waals surface area contributed by atoms with Gasteiger partial charge in [0, 0.05) is 30.3 Å². The SMILES string of the molecule is O=C(C#Cc1ccc2c(c1)NC(=O)C2C(=Nc1ccc(CN2CCCC2)cc1)c1ccccc1)NCCF. The number of halogens is 1. The zero-order valence-electron chi connectivity index (χ0n) is 21.0. The molecule has 1 atom stereocenters. The highest BCUT2D eigenvalue weighted by atomic mass is 19.1. The van der Waals surface area contributed by atoms with Crippen molar-refractivity contribution in [3.8, 4) is 11.8 Å². The average Bonchev–Trinajstić information content (AvgIpc) is 3.57. The Kier molecular flexibility index (Phi) is 7.91. The van der Waals surface area contributed by atoms with Crippen molar-refractivity contribution >= 4 is 28.9 Å². The molecule has 2 N–H and O–H groups in total. The summed E-state index contributed by atoms with van der Waals surface area (Å²) in [5.74, 6) is 3.92. The van der Waals surface area contributed by atoms with E-state index in [2.05, 4.69) is 39.5 Å². The molecule has 0 saturated carbocycles. The van der Waals surface area contributed by atoms with E-state index in [1.165, 1.54) is 18.4 Å². The van der Waals surface area contributed by atoms with E-state index in [4.69, 9.17) is 4.99 Å². The second kappa shape index (κ2) is 11.8. The molecule has 5 rings (SSSR count). The first-order valence-corrected chi connectivity index (χ1v) is 12.9. The van der Waals surface area contributed by atoms with Crippen molar-refractivity contribution in [1.29, 1.82) is 0 Å². The van der Waals surface area contributed by atoms with Crippen LogP contribution < -0.4 is 10.6 Å². The van der Waals surface area contributed by atoms with Crippen LogP contribution in [0.3, 0.4) is 0 Å². The van der Waals surface area contributed by atoms with E-state index >= 15 is 0 Å². The van der Waals surface area contributed by atoms with Crippen LogP contribution >= 0.6 is 0 Å². The van der Waals surface area contributed by atoms with Gasteiger partial charge in [0.25, 0.3) is 5.91 Å². The summed E-state index contributed by atoms with van der Waals surface area (Å²) in [5.41, 5.74) is 5.59. The summed E-state index contributed by atoms with van der Waals surface area (Å²) in [4.78, 5) is 32.4. The number of nitrogens with zero attached hydrogens (tertiary/aromatic N) is 2. The molecule has 1 unspecified atom stereocenters. The van der Waals surface area contributed by atoms with Crippen LogP contribution in [-0.2, 0) is 16.1 Å². The summed E-state index contributed by atoms with van der Waals surface area (Å²) < 4.78 is 12.2. The maximum atomic E-state index is 13.2. The maximum absolute atomic E-state index is 13.2. The van der Waals surface area contributed by atoms with Gasteiger partial charge in [0.15, 0.2) is 0 Å². The number of nitrogens with one attached hydrogen (secondary N) is 2. The van der Waals surface area contributed by atoms with Crippen LogP contribution in [0.2, 0.25) is 0 Å². The van der Waals surface area contributed by atoms with Gasteiger partial charge in [-0.2, -0.15) is 0 Å². The standard InChI is InChI=1S/C31H29FN4O2/c32-16-17-33-28(37)15-11-22-10-14-26-27(20-22)35-31(38)29(26)30(24-6-2-1-3-7-24)34-25-12-8-23(9-13-25)21-36-18-4-5-19-36/h1-3,6-10,12-14,20,29H,4-5,16-19,21H2,(H,33,37)(H,35,38). The first-order chi connectivity index (χ1) is 18.6. The minimum atomic E-state index is -0.645. The molecular formula is C31H29FN4O2. The predicted octanol–water partition coefficient (Wildman–Crippen LogP) is 4.58. The molecule has 1 fully saturated rings. The highest BCUT2D eigenvalue weighted by molar-refractivity contribution is 6.24. The fraction of sp³-hybridized carbons (Fsp3) is 0.258. The average molecular weight is 509 g/mol. The van der Waals surface area contributed by atoms with Gasteiger partial charge in [-0.15, -0.1) is 0 Å². The van der Waals surface area contributed by atoms with Crippen molar-refractivity contribution in [2.24, 2.45) is 4.99 Å². The highest BCUT2D eigenvalue weighted by Crippen LogP contribution is 2.37. The number of fused-ring (bicyclic) bond motifs is 1. The van der Waals surface area contributed by atoms with Gasteiger partial charge in [-0.25, -0.2) is 4.39 Å². The Morgan fingerprint density at radius 1 is 1.05 bits per heavy atom. The van der Waals surface area contributed by atoms with E-state index in [9.17, 15) is 14.0 Å². The maximum Gasteiger partial charge on any atom is 0.296 e. The predicted molar refractivity (Wildman–Crippen MR) is 147 cm³/mol. The van der Waals surface area contributed by atoms with Crippen LogP contribution in [0.5, 0.6) is 0 Å². The van der Waals surface area contributed by atoms with Gasteiger partial charge in [-0.3, -0.25) is 19.5 Å². The number of hydrogen-bond donors (Lipinski definition) is 2. The summed E-state index contributed by atoms with van der Waals surface area (Å²) in [5, 5.41) is 5.32. The number of anilines is 1. The molecule has 0 aliphatic carbocycles. The van der Waals surface area contributed by atoms with Gasteiger partial charge in [-0.1, -0.05) is 54.5 Å². The van der Waals surface area contributed by atoms with Crippen LogP contribution in [0.25, 0.3) is 0 Å². The zero-order valence-corrected chi connectivity index (χ0v) is 21.0. The van der Waals surface area contributed by atoms with E-state index in [-0.39, 0.29) is 12.5 Å². The molecule has 0 bridgehead atoms. The minimum absolute atomic E-state index is 0.0712. The Labute approximate surface area is 222 Å². The van der Waals surface area contributed by atoms with E-state index in [1.807, 2.05) is 48.5 Å². The molecule has 0 radical (unpaired) electrons. The van der Waals surface area contributed by atoms with Gasteiger partial charge >= 0.3 is 0 Å². The lowest BCUT2D eigenvalue weighted by atomic mass is 9.90. The number of carbonyl (C=O) groups excluding carboxylic acids is 2. The van der Waals surface area contributed by atoms with Crippen LogP contribution in [-0.4, -0.2) is 48.7 Å². The van der Waals surface area contributed by atoms with Crippen LogP contribution in [0.15, 0.2) is 77.8 Å². The lowest BCUT2D eigenvalue weighted by Gasteiger charge is -2.15. The third-order valence-electron chi connectivity index (χ3n) is 6.72. The molecule has 2 heterocycles. The van der Waals surface area contributed by atoms with Crippen LogP contribution in [0, 0.1) is 11.8 Å². The van der Waals surface area contributed by atoms with Crippen molar-refractivity contribution in [3.05, 3.63) is 95.1 Å². The Balaban J connectivity index is 1.43. The van der Waals surface area contributed by atoms with Crippen molar-refractivity contribution in [2.45, 2.75) is 25.3 Å². The second-order valence-electron chi connectivity index (χ2n) is 9.43. The van der Waals surface area contributed by atoms with Crippen molar-refractivity contribution in [3.63, 3.8) is 0 Å². The summed E-state index contributed by atoms with van der Waals surface area (Å²) in [6, 6.07) is 23.3. The lowest BCUT2D eigenvalue weighted by Crippen LogP contribution is -2.23. The molecule has 7 heteroatoms. The smallest absolute Gasteiger partial charge is 0.296 e. The first kappa shape index (κ1) is 25.4. The number of aliphatic imine (C=N–C) groups is 1. The topological polar surface area (TPSA) is 73.8 Å². The molecule has 1 saturated heterocycles. The van der Waals surface area contributed by atoms with E-state index in [0.717, 1.165) is 36.4 Å². The molecule has 2 aliphatic rings. The summed E-state index contributed by atoms with van der Waals surface area (Å²) >= 11 is 0. The normalized spacial score (nSPS) is 16.9. The van der Waals surface area contributed by atoms with Gasteiger partial charge in [0.1, 0.15) is 12.6 Å². The number of rotatable bonds is 7. The molecule has 38 heavy (non-hydrogen) atoms. The van der Waals surface area contributed by atoms with Gasteiger partial charge in [-0.05, 0) is 66.9 Å². The minimum Gasteiger partial charge on any atom is -0.343 e. The van der Waals surface area contributed by atoms with E-state index in [1.54, 1.807) is 12.1 Å². The third kappa shape index (κ3) is 5.99. The Morgan fingerprint density at radius 3 is 2.55 bits per heavy atom. The third-order valence-corrected chi connectivity index (χ3v) is 6.72. The molecule has 6 nitrogen and oxygen atoms in total. The van der Waals surface area contributed by atoms with E-state index < -0.39 is 18.5 Å². The Morgan fingerprint density at radius 2 is 1.82 bits per heavy atom. The molecule has 192 valence electrons. The van der Waals surface area contributed by atoms with Gasteiger partial charge < -0.3 is 10.6 Å². The monoisotopic (exact) mass is 508 g/mol. The number of hydrogen-bond acceptors (Lipinski definition) is 4. The molecule has 2 amide bonds. The first-order valence-electron chi connectivity index (χ1n) is 12.9. The Hall–Kier alpha value is -4.28. The van der Waals surface area contributed by atoms with Crippen molar-refractivity contribution in [2.75, 3.05) is 31.6 Å². The van der Waals surface area contributed by atoms with Crippen LogP contribution in [0.4, 0.5) is 15.8 Å². The number of likely N-dealkylation sites (tertiary alicyclic amines) is 1. The molecule has 0 spiro atoms. The lowest BCUT2D eigenvalue weighted by molar-refractivity contribution is -0.116. The summed E-state index contributed by atoms with van der Waals surface area (Å²) in [7, 11) is 0. The molecule has 2 aliphatic heterocycles. The number of alkyl halides is 1. The molecular weight excluding hydrogens is 479 g/mol. The number of amides is 2. The zero-order chi connectivity index (χ0) is 26.3. The Bertz CT molecular complexity index is 1400. The van der Waals surface area contributed by atoms with Gasteiger partial charge in [0.2, 0.25) is 5.91 Å². The molecule has 0 aromatic heterocycles. The second-order valence-corrected chi connectivity index (χ2v) is 9.43. The highest BCUT2D eigenvalue weighted by Gasteiger charge is 2.35. The largest absolute Gasteiger partial charge is 0.343 e.